The van der Waals surface area contributed by atoms with Crippen LogP contribution in [-0.4, -0.2) is 19.3 Å². The highest BCUT2D eigenvalue weighted by molar-refractivity contribution is 7.91. The first-order valence-corrected chi connectivity index (χ1v) is 9.50. The lowest BCUT2D eigenvalue weighted by atomic mass is 10.2. The van der Waals surface area contributed by atoms with Gasteiger partial charge in [0.05, 0.1) is 17.0 Å². The molecule has 3 aromatic rings. The van der Waals surface area contributed by atoms with Crippen molar-refractivity contribution in [3.63, 3.8) is 0 Å². The summed E-state index contributed by atoms with van der Waals surface area (Å²) in [4.78, 5) is 17.2. The quantitative estimate of drug-likeness (QED) is 0.761. The number of carbonyl (C=O) groups excluding carboxylic acids is 1. The van der Waals surface area contributed by atoms with Crippen molar-refractivity contribution in [1.29, 1.82) is 0 Å². The van der Waals surface area contributed by atoms with Gasteiger partial charge in [-0.1, -0.05) is 24.3 Å². The Morgan fingerprint density at radius 2 is 1.83 bits per heavy atom. The molecule has 24 heavy (non-hydrogen) atoms. The fourth-order valence-electron chi connectivity index (χ4n) is 2.08. The Balaban J connectivity index is 1.74. The molecule has 0 aliphatic rings. The zero-order chi connectivity index (χ0) is 17.0. The summed E-state index contributed by atoms with van der Waals surface area (Å²) in [5.74, 6) is -0.292. The van der Waals surface area contributed by atoms with Crippen LogP contribution in [0.5, 0.6) is 0 Å². The van der Waals surface area contributed by atoms with Crippen molar-refractivity contribution in [2.24, 2.45) is 0 Å². The predicted octanol–water partition coefficient (Wildman–Crippen LogP) is 2.91. The van der Waals surface area contributed by atoms with Gasteiger partial charge >= 0.3 is 0 Å². The van der Waals surface area contributed by atoms with Gasteiger partial charge < -0.3 is 5.32 Å². The minimum absolute atomic E-state index is 0.0801. The Kier molecular flexibility index (Phi) is 4.73. The van der Waals surface area contributed by atoms with E-state index in [-0.39, 0.29) is 15.8 Å². The highest BCUT2D eigenvalue weighted by Crippen LogP contribution is 2.18. The smallest absolute Gasteiger partial charge is 0.253 e. The number of aromatic nitrogens is 1. The largest absolute Gasteiger partial charge is 0.347 e. The van der Waals surface area contributed by atoms with Crippen LogP contribution >= 0.6 is 11.3 Å². The first-order chi connectivity index (χ1) is 11.6. The molecule has 0 radical (unpaired) electrons. The predicted molar refractivity (Wildman–Crippen MR) is 91.6 cm³/mol. The average Bonchev–Trinajstić information content (AvgIpc) is 3.14. The van der Waals surface area contributed by atoms with Crippen molar-refractivity contribution in [3.05, 3.63) is 76.6 Å². The molecule has 0 saturated carbocycles. The summed E-state index contributed by atoms with van der Waals surface area (Å²) in [6.07, 6.45) is 1.28. The van der Waals surface area contributed by atoms with Gasteiger partial charge in [-0.3, -0.25) is 4.79 Å². The third-order valence-corrected chi connectivity index (χ3v) is 5.89. The molecule has 0 atom stereocenters. The zero-order valence-corrected chi connectivity index (χ0v) is 14.2. The number of benzene rings is 1. The summed E-state index contributed by atoms with van der Waals surface area (Å²) < 4.78 is 24.9. The Bertz CT molecular complexity index is 920. The number of sulfone groups is 1. The first kappa shape index (κ1) is 16.4. The Hall–Kier alpha value is -2.51. The molecular weight excluding hydrogens is 344 g/mol. The minimum atomic E-state index is -3.67. The minimum Gasteiger partial charge on any atom is -0.347 e. The molecule has 0 aliphatic heterocycles. The summed E-state index contributed by atoms with van der Waals surface area (Å²) >= 11 is 1.55. The molecule has 0 bridgehead atoms. The van der Waals surface area contributed by atoms with Gasteiger partial charge in [-0.05, 0) is 35.7 Å². The van der Waals surface area contributed by atoms with Crippen LogP contribution in [0.3, 0.4) is 0 Å². The molecule has 0 unspecified atom stereocenters. The molecule has 2 aromatic heterocycles. The van der Waals surface area contributed by atoms with Crippen LogP contribution in [0.4, 0.5) is 0 Å². The third-order valence-electron chi connectivity index (χ3n) is 3.33. The van der Waals surface area contributed by atoms with Crippen molar-refractivity contribution < 1.29 is 13.2 Å². The number of thiophene rings is 1. The monoisotopic (exact) mass is 358 g/mol. The molecule has 3 rings (SSSR count). The molecule has 5 nitrogen and oxygen atoms in total. The van der Waals surface area contributed by atoms with E-state index in [1.807, 2.05) is 17.5 Å². The van der Waals surface area contributed by atoms with Gasteiger partial charge in [0.15, 0.2) is 5.03 Å². The second kappa shape index (κ2) is 6.94. The number of pyridine rings is 1. The number of hydrogen-bond acceptors (Lipinski definition) is 5. The summed E-state index contributed by atoms with van der Waals surface area (Å²) in [6, 6.07) is 14.7. The number of rotatable bonds is 5. The second-order valence-corrected chi connectivity index (χ2v) is 7.89. The van der Waals surface area contributed by atoms with Crippen LogP contribution in [-0.2, 0) is 16.4 Å². The molecule has 7 heteroatoms. The van der Waals surface area contributed by atoms with Crippen molar-refractivity contribution >= 4 is 27.1 Å². The normalized spacial score (nSPS) is 11.2. The van der Waals surface area contributed by atoms with Crippen LogP contribution in [0.1, 0.15) is 15.2 Å². The number of hydrogen-bond donors (Lipinski definition) is 1. The lowest BCUT2D eigenvalue weighted by Crippen LogP contribution is -2.22. The van der Waals surface area contributed by atoms with E-state index in [0.717, 1.165) is 4.88 Å². The highest BCUT2D eigenvalue weighted by atomic mass is 32.2. The van der Waals surface area contributed by atoms with Crippen molar-refractivity contribution in [1.82, 2.24) is 10.3 Å². The molecule has 0 aliphatic carbocycles. The first-order valence-electron chi connectivity index (χ1n) is 7.14. The van der Waals surface area contributed by atoms with Crippen molar-refractivity contribution in [3.8, 4) is 0 Å². The molecule has 0 saturated heterocycles. The van der Waals surface area contributed by atoms with Gasteiger partial charge in [0.2, 0.25) is 9.84 Å². The second-order valence-electron chi connectivity index (χ2n) is 4.96. The van der Waals surface area contributed by atoms with E-state index in [0.29, 0.717) is 12.1 Å². The molecule has 0 fully saturated rings. The highest BCUT2D eigenvalue weighted by Gasteiger charge is 2.19. The molecule has 2 heterocycles. The van der Waals surface area contributed by atoms with Gasteiger partial charge in [0, 0.05) is 11.1 Å². The Labute approximate surface area is 143 Å². The average molecular weight is 358 g/mol. The Morgan fingerprint density at radius 3 is 2.46 bits per heavy atom. The summed E-state index contributed by atoms with van der Waals surface area (Å²) in [5.41, 5.74) is 0.318. The van der Waals surface area contributed by atoms with E-state index in [4.69, 9.17) is 0 Å². The molecule has 0 spiro atoms. The molecule has 122 valence electrons. The van der Waals surface area contributed by atoms with Crippen molar-refractivity contribution in [2.45, 2.75) is 16.5 Å². The molecule has 1 aromatic carbocycles. The third kappa shape index (κ3) is 3.52. The van der Waals surface area contributed by atoms with Crippen molar-refractivity contribution in [2.75, 3.05) is 0 Å². The number of carbonyl (C=O) groups is 1. The van der Waals surface area contributed by atoms with Gasteiger partial charge in [0.1, 0.15) is 0 Å². The molecule has 1 N–H and O–H groups in total. The fourth-order valence-corrected chi connectivity index (χ4v) is 3.92. The lowest BCUT2D eigenvalue weighted by Gasteiger charge is -2.06. The lowest BCUT2D eigenvalue weighted by molar-refractivity contribution is 0.0951. The van der Waals surface area contributed by atoms with E-state index in [1.165, 1.54) is 30.5 Å². The van der Waals surface area contributed by atoms with E-state index < -0.39 is 9.84 Å². The molecular formula is C17H14N2O3S2. The van der Waals surface area contributed by atoms with Crippen LogP contribution in [0.25, 0.3) is 0 Å². The maximum Gasteiger partial charge on any atom is 0.253 e. The van der Waals surface area contributed by atoms with Gasteiger partial charge in [-0.25, -0.2) is 13.4 Å². The maximum absolute atomic E-state index is 12.4. The van der Waals surface area contributed by atoms with E-state index in [1.54, 1.807) is 29.5 Å². The van der Waals surface area contributed by atoms with Gasteiger partial charge in [-0.15, -0.1) is 11.3 Å². The SMILES string of the molecule is O=C(NCc1cccs1)c1ccc(S(=O)(=O)c2ccccc2)nc1. The fraction of sp³-hybridized carbons (Fsp3) is 0.0588. The topological polar surface area (TPSA) is 76.1 Å². The van der Waals surface area contributed by atoms with Crippen LogP contribution in [0.2, 0.25) is 0 Å². The molecule has 1 amide bonds. The Morgan fingerprint density at radius 1 is 1.04 bits per heavy atom. The van der Waals surface area contributed by atoms with Gasteiger partial charge in [0.25, 0.3) is 5.91 Å². The number of nitrogens with one attached hydrogen (secondary N) is 1. The van der Waals surface area contributed by atoms with Crippen LogP contribution < -0.4 is 5.32 Å². The number of nitrogens with zero attached hydrogens (tertiary/aromatic N) is 1. The van der Waals surface area contributed by atoms with E-state index in [9.17, 15) is 13.2 Å². The van der Waals surface area contributed by atoms with E-state index in [2.05, 4.69) is 10.3 Å². The number of amides is 1. The van der Waals surface area contributed by atoms with E-state index >= 15 is 0 Å². The summed E-state index contributed by atoms with van der Waals surface area (Å²) in [6.45, 7) is 0.431. The van der Waals surface area contributed by atoms with Crippen LogP contribution in [0.15, 0.2) is 76.1 Å². The standard InChI is InChI=1S/C17H14N2O3S2/c20-17(19-12-14-5-4-10-23-14)13-8-9-16(18-11-13)24(21,22)15-6-2-1-3-7-15/h1-11H,12H2,(H,19,20). The summed E-state index contributed by atoms with van der Waals surface area (Å²) in [7, 11) is -3.67. The van der Waals surface area contributed by atoms with Crippen LogP contribution in [0, 0.1) is 0 Å². The zero-order valence-electron chi connectivity index (χ0n) is 12.5. The maximum atomic E-state index is 12.4. The van der Waals surface area contributed by atoms with Gasteiger partial charge in [-0.2, -0.15) is 0 Å². The summed E-state index contributed by atoms with van der Waals surface area (Å²) in [5, 5.41) is 4.63.